The highest BCUT2D eigenvalue weighted by Gasteiger charge is 2.10. The summed E-state index contributed by atoms with van der Waals surface area (Å²) >= 11 is 0. The zero-order valence-electron chi connectivity index (χ0n) is 12.2. The van der Waals surface area contributed by atoms with Crippen LogP contribution in [-0.2, 0) is 6.42 Å². The molecule has 0 N–H and O–H groups in total. The Morgan fingerprint density at radius 2 is 1.81 bits per heavy atom. The number of benzene rings is 2. The second-order valence-electron chi connectivity index (χ2n) is 4.88. The minimum Gasteiger partial charge on any atom is -0.366 e. The standard InChI is InChI=1S/C17H18F2N2/c1-3-21(2)12-20-17-11-15(18)14(10-16(17)19)9-13-7-5-4-6-8-13/h4-8,10-12H,3,9H2,1-2H3. The van der Waals surface area contributed by atoms with Crippen LogP contribution in [0, 0.1) is 11.6 Å². The SMILES string of the molecule is CCN(C)C=Nc1cc(F)c(Cc2ccccc2)cc1F. The third kappa shape index (κ3) is 4.12. The maximum Gasteiger partial charge on any atom is 0.149 e. The number of halogens is 2. The van der Waals surface area contributed by atoms with Gasteiger partial charge in [0.05, 0.1) is 6.34 Å². The van der Waals surface area contributed by atoms with Gasteiger partial charge < -0.3 is 4.90 Å². The van der Waals surface area contributed by atoms with E-state index in [1.54, 1.807) is 4.90 Å². The highest BCUT2D eigenvalue weighted by atomic mass is 19.1. The lowest BCUT2D eigenvalue weighted by atomic mass is 10.0. The number of aliphatic imine (C=N–C) groups is 1. The molecule has 0 aromatic heterocycles. The molecule has 0 aliphatic rings. The lowest BCUT2D eigenvalue weighted by Crippen LogP contribution is -2.14. The van der Waals surface area contributed by atoms with E-state index in [2.05, 4.69) is 4.99 Å². The average Bonchev–Trinajstić information content (AvgIpc) is 2.50. The molecule has 0 amide bonds. The summed E-state index contributed by atoms with van der Waals surface area (Å²) in [6, 6.07) is 11.8. The van der Waals surface area contributed by atoms with Crippen molar-refractivity contribution in [2.24, 2.45) is 4.99 Å². The third-order valence-electron chi connectivity index (χ3n) is 3.25. The van der Waals surface area contributed by atoms with Gasteiger partial charge in [0.25, 0.3) is 0 Å². The Bertz CT molecular complexity index is 624. The van der Waals surface area contributed by atoms with Crippen LogP contribution >= 0.6 is 0 Å². The molecule has 0 unspecified atom stereocenters. The molecule has 2 nitrogen and oxygen atoms in total. The van der Waals surface area contributed by atoms with Crippen molar-refractivity contribution in [3.63, 3.8) is 0 Å². The molecule has 110 valence electrons. The molecule has 0 spiro atoms. The topological polar surface area (TPSA) is 15.6 Å². The molecule has 0 heterocycles. The van der Waals surface area contributed by atoms with Gasteiger partial charge in [0.2, 0.25) is 0 Å². The molecule has 0 bridgehead atoms. The summed E-state index contributed by atoms with van der Waals surface area (Å²) in [7, 11) is 1.82. The van der Waals surface area contributed by atoms with Crippen LogP contribution in [0.25, 0.3) is 0 Å². The van der Waals surface area contributed by atoms with E-state index in [1.807, 2.05) is 44.3 Å². The van der Waals surface area contributed by atoms with Crippen molar-refractivity contribution in [1.29, 1.82) is 0 Å². The van der Waals surface area contributed by atoms with Crippen LogP contribution in [0.3, 0.4) is 0 Å². The highest BCUT2D eigenvalue weighted by molar-refractivity contribution is 5.61. The van der Waals surface area contributed by atoms with Gasteiger partial charge in [0.1, 0.15) is 17.3 Å². The van der Waals surface area contributed by atoms with Crippen molar-refractivity contribution in [1.82, 2.24) is 4.90 Å². The van der Waals surface area contributed by atoms with Gasteiger partial charge in [0.15, 0.2) is 0 Å². The number of hydrogen-bond donors (Lipinski definition) is 0. The molecule has 0 fully saturated rings. The van der Waals surface area contributed by atoms with E-state index in [0.717, 1.165) is 18.2 Å². The fourth-order valence-corrected chi connectivity index (χ4v) is 1.87. The largest absolute Gasteiger partial charge is 0.366 e. The summed E-state index contributed by atoms with van der Waals surface area (Å²) in [5.74, 6) is -0.949. The van der Waals surface area contributed by atoms with Crippen molar-refractivity contribution in [2.45, 2.75) is 13.3 Å². The minimum atomic E-state index is -0.511. The molecule has 0 aliphatic heterocycles. The van der Waals surface area contributed by atoms with E-state index in [-0.39, 0.29) is 5.69 Å². The summed E-state index contributed by atoms with van der Waals surface area (Å²) in [4.78, 5) is 5.76. The zero-order chi connectivity index (χ0) is 15.2. The maximum absolute atomic E-state index is 14.1. The molecule has 2 rings (SSSR count). The fourth-order valence-electron chi connectivity index (χ4n) is 1.87. The molecule has 0 saturated heterocycles. The summed E-state index contributed by atoms with van der Waals surface area (Å²) in [5.41, 5.74) is 1.30. The van der Waals surface area contributed by atoms with Crippen LogP contribution in [0.4, 0.5) is 14.5 Å². The Morgan fingerprint density at radius 1 is 1.10 bits per heavy atom. The van der Waals surface area contributed by atoms with Crippen LogP contribution in [0.1, 0.15) is 18.1 Å². The number of rotatable bonds is 5. The summed E-state index contributed by atoms with van der Waals surface area (Å²) in [5, 5.41) is 0. The second-order valence-corrected chi connectivity index (χ2v) is 4.88. The molecule has 2 aromatic rings. The second kappa shape index (κ2) is 6.97. The average molecular weight is 288 g/mol. The predicted octanol–water partition coefficient (Wildman–Crippen LogP) is 4.17. The first-order valence-corrected chi connectivity index (χ1v) is 6.86. The molecule has 0 radical (unpaired) electrons. The Balaban J connectivity index is 2.23. The van der Waals surface area contributed by atoms with Crippen LogP contribution in [-0.4, -0.2) is 24.8 Å². The number of hydrogen-bond acceptors (Lipinski definition) is 1. The first-order valence-electron chi connectivity index (χ1n) is 6.86. The Morgan fingerprint density at radius 3 is 2.48 bits per heavy atom. The normalized spacial score (nSPS) is 11.0. The first-order chi connectivity index (χ1) is 10.1. The van der Waals surface area contributed by atoms with Gasteiger partial charge in [-0.05, 0) is 24.1 Å². The van der Waals surface area contributed by atoms with Gasteiger partial charge in [-0.3, -0.25) is 0 Å². The smallest absolute Gasteiger partial charge is 0.149 e. The lowest BCUT2D eigenvalue weighted by molar-refractivity contribution is 0.550. The quantitative estimate of drug-likeness (QED) is 0.595. The van der Waals surface area contributed by atoms with Gasteiger partial charge in [0, 0.05) is 26.1 Å². The molecule has 2 aromatic carbocycles. The molecule has 4 heteroatoms. The van der Waals surface area contributed by atoms with Crippen LogP contribution in [0.15, 0.2) is 47.5 Å². The van der Waals surface area contributed by atoms with E-state index in [1.165, 1.54) is 12.4 Å². The van der Waals surface area contributed by atoms with E-state index in [0.29, 0.717) is 12.0 Å². The van der Waals surface area contributed by atoms with Gasteiger partial charge in [-0.2, -0.15) is 0 Å². The van der Waals surface area contributed by atoms with Crippen molar-refractivity contribution >= 4 is 12.0 Å². The first kappa shape index (κ1) is 15.2. The summed E-state index contributed by atoms with van der Waals surface area (Å²) in [6.45, 7) is 2.70. The van der Waals surface area contributed by atoms with Crippen LogP contribution < -0.4 is 0 Å². The van der Waals surface area contributed by atoms with Crippen LogP contribution in [0.5, 0.6) is 0 Å². The molecule has 21 heavy (non-hydrogen) atoms. The van der Waals surface area contributed by atoms with Crippen molar-refractivity contribution < 1.29 is 8.78 Å². The molecular formula is C17H18F2N2. The van der Waals surface area contributed by atoms with Gasteiger partial charge in [-0.15, -0.1) is 0 Å². The lowest BCUT2D eigenvalue weighted by Gasteiger charge is -2.09. The number of nitrogens with zero attached hydrogens (tertiary/aromatic N) is 2. The zero-order valence-corrected chi connectivity index (χ0v) is 12.2. The van der Waals surface area contributed by atoms with E-state index in [4.69, 9.17) is 0 Å². The van der Waals surface area contributed by atoms with Gasteiger partial charge in [-0.25, -0.2) is 13.8 Å². The Labute approximate surface area is 123 Å². The summed E-state index contributed by atoms with van der Waals surface area (Å²) < 4.78 is 28.1. The van der Waals surface area contributed by atoms with Crippen molar-refractivity contribution in [3.8, 4) is 0 Å². The minimum absolute atomic E-state index is 0.0182. The van der Waals surface area contributed by atoms with E-state index >= 15 is 0 Å². The van der Waals surface area contributed by atoms with E-state index < -0.39 is 11.6 Å². The summed E-state index contributed by atoms with van der Waals surface area (Å²) in [6.07, 6.45) is 1.86. The third-order valence-corrected chi connectivity index (χ3v) is 3.25. The van der Waals surface area contributed by atoms with Gasteiger partial charge >= 0.3 is 0 Å². The van der Waals surface area contributed by atoms with Crippen molar-refractivity contribution in [3.05, 3.63) is 65.2 Å². The maximum atomic E-state index is 14.1. The van der Waals surface area contributed by atoms with Gasteiger partial charge in [-0.1, -0.05) is 30.3 Å². The van der Waals surface area contributed by atoms with Crippen molar-refractivity contribution in [2.75, 3.05) is 13.6 Å². The molecule has 0 aliphatic carbocycles. The Hall–Kier alpha value is -2.23. The molecule has 0 saturated carbocycles. The molecule has 0 atom stereocenters. The Kier molecular flexibility index (Phi) is 5.04. The molecular weight excluding hydrogens is 270 g/mol. The fraction of sp³-hybridized carbons (Fsp3) is 0.235. The van der Waals surface area contributed by atoms with Crippen LogP contribution in [0.2, 0.25) is 0 Å². The monoisotopic (exact) mass is 288 g/mol. The van der Waals surface area contributed by atoms with E-state index in [9.17, 15) is 8.78 Å². The predicted molar refractivity (Wildman–Crippen MR) is 82.1 cm³/mol. The highest BCUT2D eigenvalue weighted by Crippen LogP contribution is 2.23.